The molecule has 0 unspecified atom stereocenters. The maximum absolute atomic E-state index is 12.4. The van der Waals surface area contributed by atoms with Crippen LogP contribution in [0.25, 0.3) is 6.08 Å². The van der Waals surface area contributed by atoms with E-state index in [0.717, 1.165) is 5.56 Å². The predicted octanol–water partition coefficient (Wildman–Crippen LogP) is 3.80. The van der Waals surface area contributed by atoms with Gasteiger partial charge in [0.05, 0.1) is 22.8 Å². The number of hydrogen-bond acceptors (Lipinski definition) is 6. The fourth-order valence-corrected chi connectivity index (χ4v) is 3.36. The number of likely N-dealkylation sites (N-methyl/N-ethyl adjacent to an activating group) is 1. The Kier molecular flexibility index (Phi) is 5.61. The molecule has 2 aromatic rings. The number of carbonyl (C=O) groups is 2. The summed E-state index contributed by atoms with van der Waals surface area (Å²) >= 11 is 1.27. The molecule has 3 rings (SSSR count). The van der Waals surface area contributed by atoms with Crippen LogP contribution in [0.5, 0.6) is 5.75 Å². The number of esters is 1. The van der Waals surface area contributed by atoms with Crippen molar-refractivity contribution in [3.05, 3.63) is 64.6 Å². The van der Waals surface area contributed by atoms with Gasteiger partial charge < -0.3 is 9.84 Å². The van der Waals surface area contributed by atoms with Crippen molar-refractivity contribution < 1.29 is 19.4 Å². The van der Waals surface area contributed by atoms with E-state index in [1.165, 1.54) is 16.7 Å². The number of phenols is 1. The van der Waals surface area contributed by atoms with Gasteiger partial charge in [0.2, 0.25) is 0 Å². The lowest BCUT2D eigenvalue weighted by Gasteiger charge is -2.07. The maximum Gasteiger partial charge on any atom is 0.338 e. The molecule has 138 valence electrons. The highest BCUT2D eigenvalue weighted by atomic mass is 32.2. The first-order chi connectivity index (χ1) is 13.0. The number of thioether (sulfide) groups is 1. The summed E-state index contributed by atoms with van der Waals surface area (Å²) in [6.07, 6.45) is 1.76. The fourth-order valence-electron chi connectivity index (χ4n) is 2.37. The first-order valence-corrected chi connectivity index (χ1v) is 9.12. The van der Waals surface area contributed by atoms with Crippen LogP contribution < -0.4 is 0 Å². The van der Waals surface area contributed by atoms with Gasteiger partial charge in [-0.3, -0.25) is 9.69 Å². The first kappa shape index (κ1) is 18.7. The molecule has 0 aromatic heterocycles. The van der Waals surface area contributed by atoms with Crippen molar-refractivity contribution >= 4 is 40.6 Å². The number of aromatic hydroxyl groups is 1. The van der Waals surface area contributed by atoms with E-state index >= 15 is 0 Å². The number of amidine groups is 1. The third kappa shape index (κ3) is 4.38. The van der Waals surface area contributed by atoms with E-state index in [2.05, 4.69) is 4.99 Å². The lowest BCUT2D eigenvalue weighted by atomic mass is 10.2. The SMILES string of the molecule is CCOC(=O)c1ccc(N=C2S/C(=C\c3ccc(O)cc3)C(=O)N2C)cc1. The monoisotopic (exact) mass is 382 g/mol. The van der Waals surface area contributed by atoms with Crippen LogP contribution in [0, 0.1) is 0 Å². The van der Waals surface area contributed by atoms with Crippen LogP contribution in [0.2, 0.25) is 0 Å². The Bertz CT molecular complexity index is 918. The van der Waals surface area contributed by atoms with Crippen molar-refractivity contribution in [1.82, 2.24) is 4.90 Å². The molecule has 1 fully saturated rings. The van der Waals surface area contributed by atoms with Gasteiger partial charge in [0.25, 0.3) is 5.91 Å². The summed E-state index contributed by atoms with van der Waals surface area (Å²) in [5.41, 5.74) is 1.91. The van der Waals surface area contributed by atoms with Gasteiger partial charge in [0.15, 0.2) is 5.17 Å². The van der Waals surface area contributed by atoms with E-state index in [0.29, 0.717) is 27.9 Å². The highest BCUT2D eigenvalue weighted by molar-refractivity contribution is 8.18. The molecule has 0 saturated carbocycles. The van der Waals surface area contributed by atoms with Crippen LogP contribution in [-0.4, -0.2) is 40.7 Å². The lowest BCUT2D eigenvalue weighted by Crippen LogP contribution is -2.23. The molecule has 0 atom stereocenters. The molecule has 1 saturated heterocycles. The summed E-state index contributed by atoms with van der Waals surface area (Å²) < 4.78 is 4.96. The van der Waals surface area contributed by atoms with Crippen molar-refractivity contribution in [2.45, 2.75) is 6.92 Å². The Morgan fingerprint density at radius 2 is 1.85 bits per heavy atom. The minimum Gasteiger partial charge on any atom is -0.508 e. The summed E-state index contributed by atoms with van der Waals surface area (Å²) in [4.78, 5) is 30.7. The van der Waals surface area contributed by atoms with Crippen molar-refractivity contribution in [2.24, 2.45) is 4.99 Å². The summed E-state index contributed by atoms with van der Waals surface area (Å²) in [6, 6.07) is 13.3. The molecule has 7 heteroatoms. The van der Waals surface area contributed by atoms with Crippen LogP contribution in [-0.2, 0) is 9.53 Å². The van der Waals surface area contributed by atoms with Gasteiger partial charge in [-0.1, -0.05) is 12.1 Å². The van der Waals surface area contributed by atoms with Crippen molar-refractivity contribution in [2.75, 3.05) is 13.7 Å². The molecular formula is C20H18N2O4S. The first-order valence-electron chi connectivity index (χ1n) is 8.30. The van der Waals surface area contributed by atoms with Crippen LogP contribution >= 0.6 is 11.8 Å². The largest absolute Gasteiger partial charge is 0.508 e. The second-order valence-corrected chi connectivity index (χ2v) is 6.74. The minimum atomic E-state index is -0.377. The van der Waals surface area contributed by atoms with Gasteiger partial charge in [0.1, 0.15) is 5.75 Å². The van der Waals surface area contributed by atoms with Gasteiger partial charge in [-0.25, -0.2) is 9.79 Å². The van der Waals surface area contributed by atoms with E-state index in [1.54, 1.807) is 68.6 Å². The number of ether oxygens (including phenoxy) is 1. The Hall–Kier alpha value is -3.06. The van der Waals surface area contributed by atoms with E-state index in [4.69, 9.17) is 4.74 Å². The maximum atomic E-state index is 12.4. The number of rotatable bonds is 4. The third-order valence-corrected chi connectivity index (χ3v) is 4.86. The summed E-state index contributed by atoms with van der Waals surface area (Å²) in [5.74, 6) is -0.346. The normalized spacial score (nSPS) is 17.0. The van der Waals surface area contributed by atoms with Crippen LogP contribution in [0.15, 0.2) is 58.4 Å². The van der Waals surface area contributed by atoms with Crippen LogP contribution in [0.4, 0.5) is 5.69 Å². The molecule has 0 spiro atoms. The van der Waals surface area contributed by atoms with Crippen molar-refractivity contribution in [3.8, 4) is 5.75 Å². The smallest absolute Gasteiger partial charge is 0.338 e. The molecule has 1 aliphatic heterocycles. The van der Waals surface area contributed by atoms with E-state index < -0.39 is 0 Å². The van der Waals surface area contributed by atoms with Gasteiger partial charge in [-0.05, 0) is 66.7 Å². The zero-order chi connectivity index (χ0) is 19.4. The zero-order valence-electron chi connectivity index (χ0n) is 14.9. The zero-order valence-corrected chi connectivity index (χ0v) is 15.7. The predicted molar refractivity (Wildman–Crippen MR) is 106 cm³/mol. The molecule has 27 heavy (non-hydrogen) atoms. The van der Waals surface area contributed by atoms with Gasteiger partial charge in [0, 0.05) is 7.05 Å². The standard InChI is InChI=1S/C20H18N2O4S/c1-3-26-19(25)14-6-8-15(9-7-14)21-20-22(2)18(24)17(27-20)12-13-4-10-16(23)11-5-13/h4-12,23H,3H2,1-2H3/b17-12-,21-20?. The van der Waals surface area contributed by atoms with Crippen molar-refractivity contribution in [3.63, 3.8) is 0 Å². The average Bonchev–Trinajstić information content (AvgIpc) is 2.92. The van der Waals surface area contributed by atoms with Crippen molar-refractivity contribution in [1.29, 1.82) is 0 Å². The molecule has 0 radical (unpaired) electrons. The molecule has 0 aliphatic carbocycles. The van der Waals surface area contributed by atoms with E-state index in [9.17, 15) is 14.7 Å². The van der Waals surface area contributed by atoms with Crippen LogP contribution in [0.3, 0.4) is 0 Å². The Morgan fingerprint density at radius 1 is 1.19 bits per heavy atom. The molecule has 1 N–H and O–H groups in total. The number of benzene rings is 2. The number of hydrogen-bond donors (Lipinski definition) is 1. The number of aliphatic imine (C=N–C) groups is 1. The second kappa shape index (κ2) is 8.09. The van der Waals surface area contributed by atoms with E-state index in [-0.39, 0.29) is 17.6 Å². The number of amides is 1. The van der Waals surface area contributed by atoms with E-state index in [1.807, 2.05) is 0 Å². The lowest BCUT2D eigenvalue weighted by molar-refractivity contribution is -0.121. The van der Waals surface area contributed by atoms with Gasteiger partial charge in [-0.2, -0.15) is 0 Å². The highest BCUT2D eigenvalue weighted by Gasteiger charge is 2.30. The Balaban J connectivity index is 1.79. The van der Waals surface area contributed by atoms with Gasteiger partial charge >= 0.3 is 5.97 Å². The number of phenolic OH excluding ortho intramolecular Hbond substituents is 1. The number of nitrogens with zero attached hydrogens (tertiary/aromatic N) is 2. The Morgan fingerprint density at radius 3 is 2.48 bits per heavy atom. The summed E-state index contributed by atoms with van der Waals surface area (Å²) in [6.45, 7) is 2.08. The topological polar surface area (TPSA) is 79.2 Å². The fraction of sp³-hybridized carbons (Fsp3) is 0.150. The summed E-state index contributed by atoms with van der Waals surface area (Å²) in [7, 11) is 1.67. The second-order valence-electron chi connectivity index (χ2n) is 5.73. The molecule has 6 nitrogen and oxygen atoms in total. The molecule has 1 amide bonds. The summed E-state index contributed by atoms with van der Waals surface area (Å²) in [5, 5.41) is 9.90. The average molecular weight is 382 g/mol. The Labute approximate surface area is 161 Å². The quantitative estimate of drug-likeness (QED) is 0.643. The van der Waals surface area contributed by atoms with Crippen LogP contribution in [0.1, 0.15) is 22.8 Å². The molecule has 2 aromatic carbocycles. The highest BCUT2D eigenvalue weighted by Crippen LogP contribution is 2.33. The molecule has 1 heterocycles. The molecule has 0 bridgehead atoms. The third-order valence-electron chi connectivity index (χ3n) is 3.80. The number of carbonyl (C=O) groups excluding carboxylic acids is 2. The minimum absolute atomic E-state index is 0.144. The molecular weight excluding hydrogens is 364 g/mol. The van der Waals surface area contributed by atoms with Gasteiger partial charge in [-0.15, -0.1) is 0 Å². The molecule has 1 aliphatic rings.